The Morgan fingerprint density at radius 1 is 1.00 bits per heavy atom. The number of carbonyl (C=O) groups excluding carboxylic acids is 1. The Morgan fingerprint density at radius 3 is 2.19 bits per heavy atom. The third kappa shape index (κ3) is 8.44. The fraction of sp³-hybridized carbons (Fsp3) is 0.696. The number of rotatable bonds is 10. The molecule has 1 saturated heterocycles. The van der Waals surface area contributed by atoms with Gasteiger partial charge in [0.2, 0.25) is 5.91 Å². The minimum Gasteiger partial charge on any atom is -0.355 e. The Kier molecular flexibility index (Phi) is 9.29. The molecular formula is C23H39N3O. The summed E-state index contributed by atoms with van der Waals surface area (Å²) in [6, 6.07) is 9.09. The van der Waals surface area contributed by atoms with Gasteiger partial charge in [-0.25, -0.2) is 0 Å². The summed E-state index contributed by atoms with van der Waals surface area (Å²) in [6.45, 7) is 15.3. The van der Waals surface area contributed by atoms with Crippen LogP contribution in [0.2, 0.25) is 0 Å². The maximum Gasteiger partial charge on any atom is 0.234 e. The van der Waals surface area contributed by atoms with Crippen LogP contribution in [0.5, 0.6) is 0 Å². The van der Waals surface area contributed by atoms with Crippen LogP contribution in [0.15, 0.2) is 24.3 Å². The summed E-state index contributed by atoms with van der Waals surface area (Å²) in [5.74, 6) is 1.57. The van der Waals surface area contributed by atoms with Crippen LogP contribution in [-0.2, 0) is 17.8 Å². The van der Waals surface area contributed by atoms with Crippen LogP contribution in [0.1, 0.15) is 51.7 Å². The molecule has 1 amide bonds. The van der Waals surface area contributed by atoms with Crippen molar-refractivity contribution in [3.8, 4) is 0 Å². The molecule has 0 saturated carbocycles. The lowest BCUT2D eigenvalue weighted by molar-refractivity contribution is -0.122. The van der Waals surface area contributed by atoms with Gasteiger partial charge in [-0.15, -0.1) is 0 Å². The first kappa shape index (κ1) is 21.9. The largest absolute Gasteiger partial charge is 0.355 e. The molecule has 1 aromatic rings. The Labute approximate surface area is 166 Å². The zero-order valence-electron chi connectivity index (χ0n) is 17.8. The van der Waals surface area contributed by atoms with Crippen LogP contribution < -0.4 is 5.32 Å². The van der Waals surface area contributed by atoms with Crippen LogP contribution in [0.3, 0.4) is 0 Å². The van der Waals surface area contributed by atoms with Crippen molar-refractivity contribution in [2.45, 2.75) is 53.5 Å². The molecule has 1 fully saturated rings. The van der Waals surface area contributed by atoms with Crippen LogP contribution in [0, 0.1) is 11.8 Å². The van der Waals surface area contributed by atoms with E-state index in [-0.39, 0.29) is 5.91 Å². The number of nitrogens with one attached hydrogen (secondary N) is 1. The van der Waals surface area contributed by atoms with Gasteiger partial charge in [-0.05, 0) is 35.8 Å². The summed E-state index contributed by atoms with van der Waals surface area (Å²) in [5.41, 5.74) is 2.82. The van der Waals surface area contributed by atoms with Gasteiger partial charge in [0.1, 0.15) is 0 Å². The van der Waals surface area contributed by atoms with Crippen LogP contribution in [-0.4, -0.2) is 55.0 Å². The molecule has 0 spiro atoms. The molecule has 1 aliphatic rings. The molecular weight excluding hydrogens is 334 g/mol. The van der Waals surface area contributed by atoms with Gasteiger partial charge in [0.05, 0.1) is 6.54 Å². The van der Waals surface area contributed by atoms with E-state index < -0.39 is 0 Å². The van der Waals surface area contributed by atoms with Crippen molar-refractivity contribution >= 4 is 5.91 Å². The second kappa shape index (κ2) is 11.5. The quantitative estimate of drug-likeness (QED) is 0.681. The molecule has 1 aromatic carbocycles. The maximum atomic E-state index is 12.1. The maximum absolute atomic E-state index is 12.1. The van der Waals surface area contributed by atoms with Crippen LogP contribution >= 0.6 is 0 Å². The van der Waals surface area contributed by atoms with Gasteiger partial charge in [-0.2, -0.15) is 0 Å². The van der Waals surface area contributed by atoms with Crippen molar-refractivity contribution in [2.24, 2.45) is 11.8 Å². The highest BCUT2D eigenvalue weighted by molar-refractivity contribution is 5.77. The van der Waals surface area contributed by atoms with E-state index in [2.05, 4.69) is 67.1 Å². The van der Waals surface area contributed by atoms with Gasteiger partial charge in [-0.1, -0.05) is 58.4 Å². The molecule has 1 aliphatic heterocycles. The monoisotopic (exact) mass is 373 g/mol. The highest BCUT2D eigenvalue weighted by Gasteiger charge is 2.19. The average molecular weight is 374 g/mol. The number of piperazine rings is 1. The summed E-state index contributed by atoms with van der Waals surface area (Å²) in [7, 11) is 0. The second-order valence-corrected chi connectivity index (χ2v) is 8.62. The molecule has 0 aromatic heterocycles. The van der Waals surface area contributed by atoms with E-state index >= 15 is 0 Å². The van der Waals surface area contributed by atoms with Crippen LogP contribution in [0.4, 0.5) is 0 Å². The van der Waals surface area contributed by atoms with Gasteiger partial charge >= 0.3 is 0 Å². The highest BCUT2D eigenvalue weighted by Crippen LogP contribution is 2.13. The van der Waals surface area contributed by atoms with Gasteiger partial charge in [-0.3, -0.25) is 14.6 Å². The summed E-state index contributed by atoms with van der Waals surface area (Å²) in [5, 5.41) is 3.07. The first-order valence-electron chi connectivity index (χ1n) is 10.8. The Bertz CT molecular complexity index is 547. The summed E-state index contributed by atoms with van der Waals surface area (Å²) < 4.78 is 0. The van der Waals surface area contributed by atoms with E-state index in [1.807, 2.05) is 0 Å². The number of hydrogen-bond acceptors (Lipinski definition) is 3. The van der Waals surface area contributed by atoms with E-state index in [9.17, 15) is 4.79 Å². The first-order chi connectivity index (χ1) is 13.0. The number of nitrogens with zero attached hydrogens (tertiary/aromatic N) is 2. The summed E-state index contributed by atoms with van der Waals surface area (Å²) in [4.78, 5) is 16.9. The molecule has 152 valence electrons. The van der Waals surface area contributed by atoms with Crippen molar-refractivity contribution in [3.63, 3.8) is 0 Å². The lowest BCUT2D eigenvalue weighted by Gasteiger charge is -2.34. The molecule has 4 nitrogen and oxygen atoms in total. The fourth-order valence-electron chi connectivity index (χ4n) is 3.54. The van der Waals surface area contributed by atoms with E-state index in [0.717, 1.165) is 52.1 Å². The van der Waals surface area contributed by atoms with Crippen molar-refractivity contribution < 1.29 is 4.79 Å². The number of hydrogen-bond donors (Lipinski definition) is 1. The second-order valence-electron chi connectivity index (χ2n) is 8.62. The van der Waals surface area contributed by atoms with Crippen LogP contribution in [0.25, 0.3) is 0 Å². The van der Waals surface area contributed by atoms with E-state index in [4.69, 9.17) is 0 Å². The fourth-order valence-corrected chi connectivity index (χ4v) is 3.54. The topological polar surface area (TPSA) is 35.6 Å². The highest BCUT2D eigenvalue weighted by atomic mass is 16.2. The molecule has 4 heteroatoms. The molecule has 1 N–H and O–H groups in total. The number of carbonyl (C=O) groups is 1. The lowest BCUT2D eigenvalue weighted by atomic mass is 10.0. The van der Waals surface area contributed by atoms with E-state index in [1.54, 1.807) is 0 Å². The van der Waals surface area contributed by atoms with Gasteiger partial charge in [0.15, 0.2) is 0 Å². The molecule has 0 radical (unpaired) electrons. The third-order valence-electron chi connectivity index (χ3n) is 5.56. The molecule has 1 heterocycles. The predicted molar refractivity (Wildman–Crippen MR) is 114 cm³/mol. The molecule has 0 aliphatic carbocycles. The van der Waals surface area contributed by atoms with E-state index in [0.29, 0.717) is 18.4 Å². The SMILES string of the molecule is CCC(C)CCNC(=O)CN1CCN(Cc2ccc(CC(C)C)cc2)CC1. The van der Waals surface area contributed by atoms with Crippen molar-refractivity contribution in [3.05, 3.63) is 35.4 Å². The zero-order valence-corrected chi connectivity index (χ0v) is 17.8. The number of benzene rings is 1. The molecule has 0 bridgehead atoms. The Balaban J connectivity index is 1.65. The summed E-state index contributed by atoms with van der Waals surface area (Å²) >= 11 is 0. The van der Waals surface area contributed by atoms with Crippen molar-refractivity contribution in [1.29, 1.82) is 0 Å². The minimum absolute atomic E-state index is 0.174. The first-order valence-corrected chi connectivity index (χ1v) is 10.8. The Hall–Kier alpha value is -1.39. The van der Waals surface area contributed by atoms with Gasteiger partial charge in [0, 0.05) is 39.3 Å². The van der Waals surface area contributed by atoms with Crippen molar-refractivity contribution in [1.82, 2.24) is 15.1 Å². The lowest BCUT2D eigenvalue weighted by Crippen LogP contribution is -2.49. The van der Waals surface area contributed by atoms with Gasteiger partial charge in [0.25, 0.3) is 0 Å². The van der Waals surface area contributed by atoms with Crippen molar-refractivity contribution in [2.75, 3.05) is 39.3 Å². The normalized spacial score (nSPS) is 17.2. The standard InChI is InChI=1S/C23H39N3O/c1-5-20(4)10-11-24-23(27)18-26-14-12-25(13-15-26)17-22-8-6-21(7-9-22)16-19(2)3/h6-9,19-20H,5,10-18H2,1-4H3,(H,24,27). The minimum atomic E-state index is 0.174. The number of amides is 1. The van der Waals surface area contributed by atoms with E-state index in [1.165, 1.54) is 17.5 Å². The zero-order chi connectivity index (χ0) is 19.6. The molecule has 27 heavy (non-hydrogen) atoms. The Morgan fingerprint density at radius 2 is 1.59 bits per heavy atom. The molecule has 2 rings (SSSR count). The third-order valence-corrected chi connectivity index (χ3v) is 5.56. The average Bonchev–Trinajstić information content (AvgIpc) is 2.64. The van der Waals surface area contributed by atoms with Gasteiger partial charge < -0.3 is 5.32 Å². The predicted octanol–water partition coefficient (Wildman–Crippen LogP) is 3.56. The summed E-state index contributed by atoms with van der Waals surface area (Å²) in [6.07, 6.45) is 3.41. The smallest absolute Gasteiger partial charge is 0.234 e. The molecule has 1 unspecified atom stereocenters. The molecule has 1 atom stereocenters.